The summed E-state index contributed by atoms with van der Waals surface area (Å²) in [6.45, 7) is 6.42. The Morgan fingerprint density at radius 3 is 2.71 bits per heavy atom. The molecule has 0 aromatic heterocycles. The smallest absolute Gasteiger partial charge is 0.270 e. The number of nitro benzene ring substituents is 1. The molecule has 1 heterocycles. The Labute approximate surface area is 189 Å². The second kappa shape index (κ2) is 10.2. The number of rotatable bonds is 9. The van der Waals surface area contributed by atoms with E-state index in [4.69, 9.17) is 21.7 Å². The van der Waals surface area contributed by atoms with Crippen molar-refractivity contribution < 1.29 is 19.2 Å². The minimum absolute atomic E-state index is 0.101. The first kappa shape index (κ1) is 22.5. The molecule has 3 rings (SSSR count). The van der Waals surface area contributed by atoms with Crippen molar-refractivity contribution in [1.29, 1.82) is 0 Å². The number of hydrogen-bond acceptors (Lipinski definition) is 7. The molecule has 2 aromatic carbocycles. The Bertz CT molecular complexity index is 1070. The van der Waals surface area contributed by atoms with Gasteiger partial charge < -0.3 is 9.47 Å². The number of non-ortho nitro benzene ring substituents is 1. The molecule has 1 amide bonds. The molecular weight excluding hydrogens is 436 g/mol. The molecule has 0 unspecified atom stereocenters. The predicted octanol–water partition coefficient (Wildman–Crippen LogP) is 4.75. The molecule has 0 saturated carbocycles. The van der Waals surface area contributed by atoms with Gasteiger partial charge in [-0.05, 0) is 36.8 Å². The van der Waals surface area contributed by atoms with E-state index < -0.39 is 4.92 Å². The Hall–Kier alpha value is -3.17. The van der Waals surface area contributed by atoms with E-state index in [2.05, 4.69) is 6.58 Å². The number of carbonyl (C=O) groups is 1. The van der Waals surface area contributed by atoms with Gasteiger partial charge in [0.2, 0.25) is 0 Å². The monoisotopic (exact) mass is 456 g/mol. The number of hydrogen-bond donors (Lipinski definition) is 0. The summed E-state index contributed by atoms with van der Waals surface area (Å²) in [5.74, 6) is 0.876. The van der Waals surface area contributed by atoms with Crippen molar-refractivity contribution in [3.05, 3.63) is 81.3 Å². The molecule has 2 aromatic rings. The minimum atomic E-state index is -0.495. The van der Waals surface area contributed by atoms with Crippen molar-refractivity contribution in [1.82, 2.24) is 4.90 Å². The lowest BCUT2D eigenvalue weighted by molar-refractivity contribution is -0.384. The molecule has 1 aliphatic rings. The van der Waals surface area contributed by atoms with Crippen molar-refractivity contribution in [2.24, 2.45) is 0 Å². The van der Waals surface area contributed by atoms with Gasteiger partial charge in [-0.1, -0.05) is 42.2 Å². The van der Waals surface area contributed by atoms with Crippen LogP contribution in [0.1, 0.15) is 11.1 Å². The lowest BCUT2D eigenvalue weighted by Crippen LogP contribution is -2.27. The van der Waals surface area contributed by atoms with Crippen LogP contribution in [0.5, 0.6) is 11.5 Å². The van der Waals surface area contributed by atoms with Gasteiger partial charge in [0.1, 0.15) is 29.0 Å². The standard InChI is InChI=1S/C22H20N2O5S2/c1-3-9-23-21(25)20(31-22(23)30)14-16-13-17(24(26)27)7-8-19(16)29-11-10-28-18-6-4-5-15(2)12-18/h3-8,12-14H,1,9-11H2,2H3/b20-14+. The highest BCUT2D eigenvalue weighted by Gasteiger charge is 2.31. The zero-order valence-corrected chi connectivity index (χ0v) is 18.4. The van der Waals surface area contributed by atoms with E-state index in [1.54, 1.807) is 12.2 Å². The van der Waals surface area contributed by atoms with E-state index in [9.17, 15) is 14.9 Å². The van der Waals surface area contributed by atoms with Crippen LogP contribution in [0.3, 0.4) is 0 Å². The van der Waals surface area contributed by atoms with Gasteiger partial charge in [0.15, 0.2) is 0 Å². The number of benzene rings is 2. The third-order valence-electron chi connectivity index (χ3n) is 4.28. The van der Waals surface area contributed by atoms with Crippen LogP contribution in [0.4, 0.5) is 5.69 Å². The van der Waals surface area contributed by atoms with Gasteiger partial charge in [0, 0.05) is 24.2 Å². The predicted molar refractivity (Wildman–Crippen MR) is 125 cm³/mol. The van der Waals surface area contributed by atoms with Crippen LogP contribution < -0.4 is 9.47 Å². The largest absolute Gasteiger partial charge is 0.490 e. The Morgan fingerprint density at radius 2 is 2.00 bits per heavy atom. The zero-order chi connectivity index (χ0) is 22.4. The molecule has 0 radical (unpaired) electrons. The molecule has 31 heavy (non-hydrogen) atoms. The topological polar surface area (TPSA) is 81.9 Å². The Kier molecular flexibility index (Phi) is 7.43. The number of aryl methyl sites for hydroxylation is 1. The molecule has 7 nitrogen and oxygen atoms in total. The van der Waals surface area contributed by atoms with E-state index in [0.29, 0.717) is 33.7 Å². The lowest BCUT2D eigenvalue weighted by atomic mass is 10.1. The molecular formula is C22H20N2O5S2. The number of thioether (sulfide) groups is 1. The normalized spacial score (nSPS) is 14.7. The maximum Gasteiger partial charge on any atom is 0.270 e. The summed E-state index contributed by atoms with van der Waals surface area (Å²) in [5, 5.41) is 11.2. The molecule has 160 valence electrons. The summed E-state index contributed by atoms with van der Waals surface area (Å²) < 4.78 is 11.9. The number of thiocarbonyl (C=S) groups is 1. The SMILES string of the molecule is C=CCN1C(=O)/C(=C\c2cc([N+](=O)[O-])ccc2OCCOc2cccc(C)c2)SC1=S. The van der Waals surface area contributed by atoms with Gasteiger partial charge in [0.05, 0.1) is 9.83 Å². The maximum absolute atomic E-state index is 12.6. The highest BCUT2D eigenvalue weighted by molar-refractivity contribution is 8.26. The minimum Gasteiger partial charge on any atom is -0.490 e. The van der Waals surface area contributed by atoms with E-state index in [1.165, 1.54) is 23.1 Å². The van der Waals surface area contributed by atoms with Crippen LogP contribution >= 0.6 is 24.0 Å². The molecule has 0 spiro atoms. The van der Waals surface area contributed by atoms with Crippen LogP contribution in [0, 0.1) is 17.0 Å². The summed E-state index contributed by atoms with van der Waals surface area (Å²) in [6, 6.07) is 11.9. The van der Waals surface area contributed by atoms with Gasteiger partial charge in [-0.25, -0.2) is 0 Å². The van der Waals surface area contributed by atoms with Crippen LogP contribution in [-0.4, -0.2) is 39.8 Å². The fourth-order valence-corrected chi connectivity index (χ4v) is 4.10. The summed E-state index contributed by atoms with van der Waals surface area (Å²) in [5.41, 5.74) is 1.41. The van der Waals surface area contributed by atoms with Gasteiger partial charge in [0.25, 0.3) is 11.6 Å². The number of ether oxygens (including phenoxy) is 2. The van der Waals surface area contributed by atoms with Crippen LogP contribution in [0.15, 0.2) is 60.0 Å². The number of nitrogens with zero attached hydrogens (tertiary/aromatic N) is 2. The molecule has 9 heteroatoms. The summed E-state index contributed by atoms with van der Waals surface area (Å²) >= 11 is 6.38. The second-order valence-electron chi connectivity index (χ2n) is 6.57. The third-order valence-corrected chi connectivity index (χ3v) is 5.65. The first-order valence-corrected chi connectivity index (χ1v) is 10.6. The van der Waals surface area contributed by atoms with E-state index in [0.717, 1.165) is 23.1 Å². The average molecular weight is 457 g/mol. The van der Waals surface area contributed by atoms with E-state index in [-0.39, 0.29) is 18.2 Å². The highest BCUT2D eigenvalue weighted by Crippen LogP contribution is 2.35. The van der Waals surface area contributed by atoms with Crippen molar-refractivity contribution >= 4 is 46.0 Å². The van der Waals surface area contributed by atoms with E-state index >= 15 is 0 Å². The molecule has 0 N–H and O–H groups in total. The molecule has 1 saturated heterocycles. The molecule has 1 fully saturated rings. The number of nitro groups is 1. The van der Waals surface area contributed by atoms with Crippen molar-refractivity contribution in [3.8, 4) is 11.5 Å². The quantitative estimate of drug-likeness (QED) is 0.134. The lowest BCUT2D eigenvalue weighted by Gasteiger charge is -2.12. The van der Waals surface area contributed by atoms with Gasteiger partial charge in [-0.2, -0.15) is 0 Å². The Morgan fingerprint density at radius 1 is 1.23 bits per heavy atom. The van der Waals surface area contributed by atoms with Gasteiger partial charge in [-0.3, -0.25) is 19.8 Å². The summed E-state index contributed by atoms with van der Waals surface area (Å²) in [4.78, 5) is 25.1. The molecule has 0 atom stereocenters. The van der Waals surface area contributed by atoms with Gasteiger partial charge >= 0.3 is 0 Å². The van der Waals surface area contributed by atoms with Crippen molar-refractivity contribution in [2.45, 2.75) is 6.92 Å². The first-order valence-electron chi connectivity index (χ1n) is 9.36. The summed E-state index contributed by atoms with van der Waals surface area (Å²) in [6.07, 6.45) is 3.15. The fourth-order valence-electron chi connectivity index (χ4n) is 2.84. The van der Waals surface area contributed by atoms with Crippen LogP contribution in [0.2, 0.25) is 0 Å². The number of amides is 1. The Balaban J connectivity index is 1.76. The zero-order valence-electron chi connectivity index (χ0n) is 16.8. The molecule has 0 aliphatic carbocycles. The van der Waals surface area contributed by atoms with Crippen molar-refractivity contribution in [2.75, 3.05) is 19.8 Å². The highest BCUT2D eigenvalue weighted by atomic mass is 32.2. The van der Waals surface area contributed by atoms with Crippen LogP contribution in [0.25, 0.3) is 6.08 Å². The van der Waals surface area contributed by atoms with Crippen LogP contribution in [-0.2, 0) is 4.79 Å². The maximum atomic E-state index is 12.6. The fraction of sp³-hybridized carbons (Fsp3) is 0.182. The second-order valence-corrected chi connectivity index (χ2v) is 8.25. The molecule has 0 bridgehead atoms. The van der Waals surface area contributed by atoms with Gasteiger partial charge in [-0.15, -0.1) is 6.58 Å². The third kappa shape index (κ3) is 5.71. The molecule has 1 aliphatic heterocycles. The number of carbonyl (C=O) groups excluding carboxylic acids is 1. The van der Waals surface area contributed by atoms with Crippen molar-refractivity contribution in [3.63, 3.8) is 0 Å². The van der Waals surface area contributed by atoms with E-state index in [1.807, 2.05) is 31.2 Å². The summed E-state index contributed by atoms with van der Waals surface area (Å²) in [7, 11) is 0. The first-order chi connectivity index (χ1) is 14.9. The average Bonchev–Trinajstić information content (AvgIpc) is 2.99.